The highest BCUT2D eigenvalue weighted by Crippen LogP contribution is 2.23. The molecule has 0 aliphatic heterocycles. The van der Waals surface area contributed by atoms with Crippen molar-refractivity contribution in [1.82, 2.24) is 0 Å². The minimum Gasteiger partial charge on any atom is -0.493 e. The van der Waals surface area contributed by atoms with Gasteiger partial charge >= 0.3 is 0 Å². The molecule has 0 unspecified atom stereocenters. The minimum atomic E-state index is 0.0785. The van der Waals surface area contributed by atoms with E-state index in [1.165, 1.54) is 5.56 Å². The lowest BCUT2D eigenvalue weighted by atomic mass is 10.1. The van der Waals surface area contributed by atoms with Gasteiger partial charge < -0.3 is 15.2 Å². The second-order valence-electron chi connectivity index (χ2n) is 5.40. The van der Waals surface area contributed by atoms with E-state index in [-0.39, 0.29) is 5.78 Å². The van der Waals surface area contributed by atoms with E-state index >= 15 is 0 Å². The fourth-order valence-electron chi connectivity index (χ4n) is 2.19. The molecular formula is C19H23NO3. The predicted octanol–water partition coefficient (Wildman–Crippen LogP) is 4.02. The van der Waals surface area contributed by atoms with Crippen LogP contribution >= 0.6 is 0 Å². The molecule has 0 aliphatic rings. The van der Waals surface area contributed by atoms with Gasteiger partial charge in [0, 0.05) is 18.4 Å². The SMILES string of the molecule is CCC(=O)c1ccc(OCCCOc2cccc(C)c2)c(N)c1. The van der Waals surface area contributed by atoms with Crippen molar-refractivity contribution in [2.75, 3.05) is 18.9 Å². The monoisotopic (exact) mass is 313 g/mol. The van der Waals surface area contributed by atoms with Gasteiger partial charge in [-0.3, -0.25) is 4.79 Å². The summed E-state index contributed by atoms with van der Waals surface area (Å²) in [6.07, 6.45) is 1.22. The molecule has 4 nitrogen and oxygen atoms in total. The quantitative estimate of drug-likeness (QED) is 0.454. The third-order valence-corrected chi connectivity index (χ3v) is 3.46. The lowest BCUT2D eigenvalue weighted by molar-refractivity contribution is 0.0988. The second kappa shape index (κ2) is 8.22. The Morgan fingerprint density at radius 3 is 2.57 bits per heavy atom. The van der Waals surface area contributed by atoms with Crippen LogP contribution in [0.3, 0.4) is 0 Å². The van der Waals surface area contributed by atoms with Gasteiger partial charge in [-0.1, -0.05) is 19.1 Å². The van der Waals surface area contributed by atoms with Gasteiger partial charge in [0.2, 0.25) is 0 Å². The number of rotatable bonds is 8. The van der Waals surface area contributed by atoms with E-state index in [2.05, 4.69) is 0 Å². The molecule has 2 aromatic carbocycles. The molecule has 0 amide bonds. The molecule has 0 aromatic heterocycles. The zero-order chi connectivity index (χ0) is 16.7. The fraction of sp³-hybridized carbons (Fsp3) is 0.316. The molecule has 0 saturated carbocycles. The van der Waals surface area contributed by atoms with E-state index in [0.717, 1.165) is 12.2 Å². The first-order valence-electron chi connectivity index (χ1n) is 7.85. The van der Waals surface area contributed by atoms with Crippen molar-refractivity contribution in [2.24, 2.45) is 0 Å². The van der Waals surface area contributed by atoms with Crippen LogP contribution in [0.25, 0.3) is 0 Å². The number of nitrogen functional groups attached to an aromatic ring is 1. The molecule has 0 heterocycles. The fourth-order valence-corrected chi connectivity index (χ4v) is 2.19. The number of nitrogens with two attached hydrogens (primary N) is 1. The van der Waals surface area contributed by atoms with Crippen molar-refractivity contribution in [3.05, 3.63) is 53.6 Å². The molecule has 0 aliphatic carbocycles. The van der Waals surface area contributed by atoms with Crippen LogP contribution in [0, 0.1) is 6.92 Å². The minimum absolute atomic E-state index is 0.0785. The number of Topliss-reactive ketones (excluding diaryl/α,β-unsaturated/α-hetero) is 1. The van der Waals surface area contributed by atoms with Gasteiger partial charge in [-0.15, -0.1) is 0 Å². The Hall–Kier alpha value is -2.49. The van der Waals surface area contributed by atoms with E-state index in [1.807, 2.05) is 38.1 Å². The van der Waals surface area contributed by atoms with Crippen molar-refractivity contribution in [1.29, 1.82) is 0 Å². The maximum absolute atomic E-state index is 11.6. The molecule has 2 N–H and O–H groups in total. The van der Waals surface area contributed by atoms with Gasteiger partial charge in [0.05, 0.1) is 18.9 Å². The Balaban J connectivity index is 1.77. The summed E-state index contributed by atoms with van der Waals surface area (Å²) in [5, 5.41) is 0. The molecule has 2 aromatic rings. The van der Waals surface area contributed by atoms with Crippen LogP contribution in [0.2, 0.25) is 0 Å². The summed E-state index contributed by atoms with van der Waals surface area (Å²) in [4.78, 5) is 11.6. The number of ether oxygens (including phenoxy) is 2. The Kier molecular flexibility index (Phi) is 6.03. The summed E-state index contributed by atoms with van der Waals surface area (Å²) in [6, 6.07) is 13.1. The van der Waals surface area contributed by atoms with Gasteiger partial charge in [0.15, 0.2) is 5.78 Å². The standard InChI is InChI=1S/C19H23NO3/c1-3-18(21)15-8-9-19(17(20)13-15)23-11-5-10-22-16-7-4-6-14(2)12-16/h4,6-9,12-13H,3,5,10-11,20H2,1-2H3. The highest BCUT2D eigenvalue weighted by atomic mass is 16.5. The predicted molar refractivity (Wildman–Crippen MR) is 92.3 cm³/mol. The first kappa shape index (κ1) is 16.9. The lowest BCUT2D eigenvalue weighted by Crippen LogP contribution is -2.07. The summed E-state index contributed by atoms with van der Waals surface area (Å²) in [5.74, 6) is 1.55. The van der Waals surface area contributed by atoms with Crippen LogP contribution in [0.4, 0.5) is 5.69 Å². The number of hydrogen-bond acceptors (Lipinski definition) is 4. The van der Waals surface area contributed by atoms with E-state index in [0.29, 0.717) is 36.6 Å². The zero-order valence-electron chi connectivity index (χ0n) is 13.7. The zero-order valence-corrected chi connectivity index (χ0v) is 13.7. The first-order chi connectivity index (χ1) is 11.1. The summed E-state index contributed by atoms with van der Waals surface area (Å²) in [6.45, 7) is 4.95. The van der Waals surface area contributed by atoms with Gasteiger partial charge in [0.1, 0.15) is 11.5 Å². The van der Waals surface area contributed by atoms with Gasteiger partial charge in [-0.2, -0.15) is 0 Å². The lowest BCUT2D eigenvalue weighted by Gasteiger charge is -2.11. The Bertz CT molecular complexity index is 667. The van der Waals surface area contributed by atoms with Crippen molar-refractivity contribution in [3.8, 4) is 11.5 Å². The van der Waals surface area contributed by atoms with Crippen molar-refractivity contribution in [3.63, 3.8) is 0 Å². The van der Waals surface area contributed by atoms with Crippen molar-refractivity contribution < 1.29 is 14.3 Å². The third kappa shape index (κ3) is 5.02. The normalized spacial score (nSPS) is 10.3. The maximum atomic E-state index is 11.6. The molecule has 0 spiro atoms. The van der Waals surface area contributed by atoms with Crippen LogP contribution < -0.4 is 15.2 Å². The van der Waals surface area contributed by atoms with Crippen LogP contribution in [0.5, 0.6) is 11.5 Å². The Morgan fingerprint density at radius 1 is 1.09 bits per heavy atom. The largest absolute Gasteiger partial charge is 0.493 e. The highest BCUT2D eigenvalue weighted by Gasteiger charge is 2.07. The van der Waals surface area contributed by atoms with E-state index in [9.17, 15) is 4.79 Å². The number of aryl methyl sites for hydroxylation is 1. The third-order valence-electron chi connectivity index (χ3n) is 3.46. The van der Waals surface area contributed by atoms with Crippen molar-refractivity contribution >= 4 is 11.5 Å². The Labute approximate surface area is 137 Å². The molecule has 0 fully saturated rings. The van der Waals surface area contributed by atoms with E-state index in [4.69, 9.17) is 15.2 Å². The number of benzene rings is 2. The number of hydrogen-bond donors (Lipinski definition) is 1. The highest BCUT2D eigenvalue weighted by molar-refractivity contribution is 5.97. The molecule has 0 radical (unpaired) electrons. The van der Waals surface area contributed by atoms with E-state index in [1.54, 1.807) is 18.2 Å². The van der Waals surface area contributed by atoms with Gasteiger partial charge in [-0.25, -0.2) is 0 Å². The van der Waals surface area contributed by atoms with Crippen LogP contribution in [-0.4, -0.2) is 19.0 Å². The molecule has 4 heteroatoms. The van der Waals surface area contributed by atoms with Crippen LogP contribution in [-0.2, 0) is 0 Å². The van der Waals surface area contributed by atoms with Gasteiger partial charge in [0.25, 0.3) is 0 Å². The number of carbonyl (C=O) groups is 1. The second-order valence-corrected chi connectivity index (χ2v) is 5.40. The molecule has 0 atom stereocenters. The van der Waals surface area contributed by atoms with Crippen molar-refractivity contribution in [2.45, 2.75) is 26.7 Å². The molecule has 2 rings (SSSR count). The number of ketones is 1. The van der Waals surface area contributed by atoms with Gasteiger partial charge in [-0.05, 0) is 42.8 Å². The summed E-state index contributed by atoms with van der Waals surface area (Å²) >= 11 is 0. The summed E-state index contributed by atoms with van der Waals surface area (Å²) in [7, 11) is 0. The molecular weight excluding hydrogens is 290 g/mol. The average Bonchev–Trinajstić information content (AvgIpc) is 2.55. The van der Waals surface area contributed by atoms with E-state index < -0.39 is 0 Å². The number of carbonyl (C=O) groups excluding carboxylic acids is 1. The first-order valence-corrected chi connectivity index (χ1v) is 7.85. The molecule has 0 saturated heterocycles. The van der Waals surface area contributed by atoms with Crippen LogP contribution in [0.1, 0.15) is 35.7 Å². The summed E-state index contributed by atoms with van der Waals surface area (Å²) in [5.41, 5.74) is 8.22. The average molecular weight is 313 g/mol. The Morgan fingerprint density at radius 2 is 1.87 bits per heavy atom. The molecule has 0 bridgehead atoms. The smallest absolute Gasteiger partial charge is 0.162 e. The maximum Gasteiger partial charge on any atom is 0.162 e. The topological polar surface area (TPSA) is 61.5 Å². The van der Waals surface area contributed by atoms with Crippen LogP contribution in [0.15, 0.2) is 42.5 Å². The molecule has 122 valence electrons. The molecule has 23 heavy (non-hydrogen) atoms. The number of anilines is 1. The summed E-state index contributed by atoms with van der Waals surface area (Å²) < 4.78 is 11.3.